The summed E-state index contributed by atoms with van der Waals surface area (Å²) in [5, 5.41) is 14.1. The van der Waals surface area contributed by atoms with Crippen LogP contribution >= 0.6 is 0 Å². The molecule has 0 saturated carbocycles. The number of nitrogen functional groups attached to an aromatic ring is 1. The van der Waals surface area contributed by atoms with Crippen LogP contribution in [0.2, 0.25) is 0 Å². The van der Waals surface area contributed by atoms with Crippen molar-refractivity contribution in [3.63, 3.8) is 0 Å². The zero-order valence-electron chi connectivity index (χ0n) is 10.9. The number of nitrogens with one attached hydrogen (secondary N) is 1. The molecule has 19 heavy (non-hydrogen) atoms. The quantitative estimate of drug-likeness (QED) is 0.328. The zero-order valence-corrected chi connectivity index (χ0v) is 10.9. The van der Waals surface area contributed by atoms with Crippen molar-refractivity contribution in [3.05, 3.63) is 42.0 Å². The van der Waals surface area contributed by atoms with Crippen LogP contribution in [-0.2, 0) is 0 Å². The van der Waals surface area contributed by atoms with Crippen molar-refractivity contribution in [2.75, 3.05) is 18.2 Å². The van der Waals surface area contributed by atoms with Crippen LogP contribution in [-0.4, -0.2) is 23.6 Å². The number of aromatic hydroxyl groups is 1. The highest BCUT2D eigenvalue weighted by Gasteiger charge is 2.08. The van der Waals surface area contributed by atoms with Gasteiger partial charge in [-0.1, -0.05) is 12.2 Å². The molecule has 0 spiro atoms. The summed E-state index contributed by atoms with van der Waals surface area (Å²) in [5.74, 6) is 0.000248. The second-order valence-corrected chi connectivity index (χ2v) is 4.19. The normalized spacial score (nSPS) is 18.2. The Bertz CT molecular complexity index is 612. The third kappa shape index (κ3) is 2.82. The van der Waals surface area contributed by atoms with Gasteiger partial charge in [-0.15, -0.1) is 0 Å². The molecule has 5 nitrogen and oxygen atoms in total. The molecule has 0 radical (unpaired) electrons. The van der Waals surface area contributed by atoms with Gasteiger partial charge in [-0.25, -0.2) is 0 Å². The number of hydrogen-bond acceptors (Lipinski definition) is 5. The van der Waals surface area contributed by atoms with Crippen molar-refractivity contribution in [1.82, 2.24) is 0 Å². The van der Waals surface area contributed by atoms with Gasteiger partial charge in [-0.3, -0.25) is 10.4 Å². The van der Waals surface area contributed by atoms with E-state index in [1.165, 1.54) is 0 Å². The Kier molecular flexibility index (Phi) is 3.66. The summed E-state index contributed by atoms with van der Waals surface area (Å²) in [4.78, 5) is 4.12. The Balaban J connectivity index is 2.28. The second kappa shape index (κ2) is 5.39. The third-order valence-corrected chi connectivity index (χ3v) is 2.70. The Morgan fingerprint density at radius 3 is 2.53 bits per heavy atom. The first-order valence-electron chi connectivity index (χ1n) is 5.86. The van der Waals surface area contributed by atoms with E-state index in [1.54, 1.807) is 19.2 Å². The SMILES string of the molecule is C/N=C1/C=CC=C/C1=N/Nc1cc(C)cc(N)c1O. The van der Waals surface area contributed by atoms with Gasteiger partial charge in [0.25, 0.3) is 0 Å². The van der Waals surface area contributed by atoms with Gasteiger partial charge in [-0.2, -0.15) is 5.10 Å². The molecule has 0 bridgehead atoms. The van der Waals surface area contributed by atoms with E-state index in [9.17, 15) is 5.11 Å². The van der Waals surface area contributed by atoms with Gasteiger partial charge in [0, 0.05) is 7.05 Å². The summed E-state index contributed by atoms with van der Waals surface area (Å²) in [6.07, 6.45) is 7.47. The first-order valence-corrected chi connectivity index (χ1v) is 5.86. The number of benzene rings is 1. The fraction of sp³-hybridized carbons (Fsp3) is 0.143. The lowest BCUT2D eigenvalue weighted by atomic mass is 10.1. The van der Waals surface area contributed by atoms with Gasteiger partial charge in [0.05, 0.1) is 11.4 Å². The molecule has 2 rings (SSSR count). The van der Waals surface area contributed by atoms with Gasteiger partial charge in [0.15, 0.2) is 5.75 Å². The minimum atomic E-state index is 0.000248. The lowest BCUT2D eigenvalue weighted by molar-refractivity contribution is 0.480. The van der Waals surface area contributed by atoms with Crippen molar-refractivity contribution in [2.24, 2.45) is 10.1 Å². The number of aryl methyl sites for hydroxylation is 1. The molecule has 0 amide bonds. The van der Waals surface area contributed by atoms with Crippen LogP contribution in [0.4, 0.5) is 11.4 Å². The van der Waals surface area contributed by atoms with E-state index >= 15 is 0 Å². The Morgan fingerprint density at radius 2 is 1.84 bits per heavy atom. The molecule has 0 aliphatic heterocycles. The number of allylic oxidation sites excluding steroid dienone is 4. The van der Waals surface area contributed by atoms with E-state index in [0.717, 1.165) is 11.3 Å². The maximum atomic E-state index is 9.86. The maximum absolute atomic E-state index is 9.86. The summed E-state index contributed by atoms with van der Waals surface area (Å²) in [6.45, 7) is 1.90. The maximum Gasteiger partial charge on any atom is 0.163 e. The van der Waals surface area contributed by atoms with Crippen molar-refractivity contribution in [1.29, 1.82) is 0 Å². The van der Waals surface area contributed by atoms with E-state index in [2.05, 4.69) is 15.5 Å². The van der Waals surface area contributed by atoms with Crippen LogP contribution in [0, 0.1) is 6.92 Å². The minimum Gasteiger partial charge on any atom is -0.504 e. The zero-order chi connectivity index (χ0) is 13.8. The van der Waals surface area contributed by atoms with E-state index in [4.69, 9.17) is 5.73 Å². The first kappa shape index (κ1) is 12.9. The lowest BCUT2D eigenvalue weighted by Gasteiger charge is -2.10. The first-order chi connectivity index (χ1) is 9.11. The third-order valence-electron chi connectivity index (χ3n) is 2.70. The molecule has 0 aromatic heterocycles. The molecule has 5 heteroatoms. The predicted octanol–water partition coefficient (Wildman–Crippen LogP) is 2.25. The number of hydrazone groups is 1. The smallest absolute Gasteiger partial charge is 0.163 e. The Morgan fingerprint density at radius 1 is 1.16 bits per heavy atom. The van der Waals surface area contributed by atoms with Crippen LogP contribution in [0.15, 0.2) is 46.5 Å². The molecular weight excluding hydrogens is 240 g/mol. The van der Waals surface area contributed by atoms with Gasteiger partial charge < -0.3 is 10.8 Å². The fourth-order valence-electron chi connectivity index (χ4n) is 1.76. The van der Waals surface area contributed by atoms with E-state index in [0.29, 0.717) is 17.1 Å². The van der Waals surface area contributed by atoms with E-state index < -0.39 is 0 Å². The number of hydrogen-bond donors (Lipinski definition) is 3. The molecular formula is C14H16N4O. The van der Waals surface area contributed by atoms with Gasteiger partial charge >= 0.3 is 0 Å². The second-order valence-electron chi connectivity index (χ2n) is 4.19. The number of phenolic OH excluding ortho intramolecular Hbond substituents is 1. The largest absolute Gasteiger partial charge is 0.504 e. The van der Waals surface area contributed by atoms with Crippen LogP contribution < -0.4 is 11.2 Å². The van der Waals surface area contributed by atoms with Gasteiger partial charge in [0.1, 0.15) is 11.4 Å². The molecule has 1 aliphatic carbocycles. The summed E-state index contributed by atoms with van der Waals surface area (Å²) in [7, 11) is 1.70. The van der Waals surface area contributed by atoms with E-state index in [-0.39, 0.29) is 5.75 Å². The number of nitrogens with two attached hydrogens (primary N) is 1. The summed E-state index contributed by atoms with van der Waals surface area (Å²) >= 11 is 0. The molecule has 1 aromatic rings. The lowest BCUT2D eigenvalue weighted by Crippen LogP contribution is -2.13. The van der Waals surface area contributed by atoms with Crippen molar-refractivity contribution in [3.8, 4) is 5.75 Å². The molecule has 0 saturated heterocycles. The highest BCUT2D eigenvalue weighted by Crippen LogP contribution is 2.31. The van der Waals surface area contributed by atoms with Gasteiger partial charge in [0.2, 0.25) is 0 Å². The fourth-order valence-corrected chi connectivity index (χ4v) is 1.76. The highest BCUT2D eigenvalue weighted by molar-refractivity contribution is 6.51. The summed E-state index contributed by atoms with van der Waals surface area (Å²) in [5.41, 5.74) is 11.7. The van der Waals surface area contributed by atoms with Crippen molar-refractivity contribution >= 4 is 22.8 Å². The molecule has 0 heterocycles. The summed E-state index contributed by atoms with van der Waals surface area (Å²) < 4.78 is 0. The molecule has 0 unspecified atom stereocenters. The monoisotopic (exact) mass is 256 g/mol. The van der Waals surface area contributed by atoms with Crippen LogP contribution in [0.1, 0.15) is 5.56 Å². The summed E-state index contributed by atoms with van der Waals surface area (Å²) in [6, 6.07) is 3.48. The standard InChI is InChI=1S/C14H16N4O/c1-9-7-10(15)14(19)13(8-9)18-17-12-6-4-3-5-11(12)16-2/h3-8,18-19H,15H2,1-2H3/b16-11-,17-12-. The molecule has 98 valence electrons. The average Bonchev–Trinajstić information content (AvgIpc) is 2.41. The Hall–Kier alpha value is -2.56. The number of anilines is 2. The van der Waals surface area contributed by atoms with E-state index in [1.807, 2.05) is 31.2 Å². The van der Waals surface area contributed by atoms with Crippen LogP contribution in [0.5, 0.6) is 5.75 Å². The average molecular weight is 256 g/mol. The van der Waals surface area contributed by atoms with Crippen LogP contribution in [0.3, 0.4) is 0 Å². The molecule has 1 aromatic carbocycles. The number of phenols is 1. The topological polar surface area (TPSA) is 83.0 Å². The molecule has 4 N–H and O–H groups in total. The number of aliphatic imine (C=N–C) groups is 1. The number of nitrogens with zero attached hydrogens (tertiary/aromatic N) is 2. The van der Waals surface area contributed by atoms with Crippen molar-refractivity contribution < 1.29 is 5.11 Å². The highest BCUT2D eigenvalue weighted by atomic mass is 16.3. The van der Waals surface area contributed by atoms with Crippen LogP contribution in [0.25, 0.3) is 0 Å². The Labute approximate surface area is 111 Å². The number of rotatable bonds is 2. The predicted molar refractivity (Wildman–Crippen MR) is 80.0 cm³/mol. The van der Waals surface area contributed by atoms with Crippen molar-refractivity contribution in [2.45, 2.75) is 6.92 Å². The molecule has 1 aliphatic rings. The minimum absolute atomic E-state index is 0.000248. The van der Waals surface area contributed by atoms with Gasteiger partial charge in [-0.05, 0) is 36.8 Å². The molecule has 0 fully saturated rings. The molecule has 0 atom stereocenters.